The average Bonchev–Trinajstić information content (AvgIpc) is 2.92. The molecule has 0 radical (unpaired) electrons. The molecule has 1 unspecified atom stereocenters. The summed E-state index contributed by atoms with van der Waals surface area (Å²) in [5.74, 6) is 1.63. The number of hydrogen-bond acceptors (Lipinski definition) is 2. The minimum Gasteiger partial charge on any atom is -0.481 e. The lowest BCUT2D eigenvalue weighted by atomic mass is 9.47. The van der Waals surface area contributed by atoms with Crippen molar-refractivity contribution in [2.45, 2.75) is 78.2 Å². The van der Waals surface area contributed by atoms with E-state index in [1.165, 1.54) is 24.8 Å². The fourth-order valence-corrected chi connectivity index (χ4v) is 7.68. The van der Waals surface area contributed by atoms with Gasteiger partial charge < -0.3 is 10.2 Å². The third-order valence-electron chi connectivity index (χ3n) is 9.14. The summed E-state index contributed by atoms with van der Waals surface area (Å²) in [5.41, 5.74) is 2.00. The largest absolute Gasteiger partial charge is 0.481 e. The van der Waals surface area contributed by atoms with Gasteiger partial charge >= 0.3 is 5.97 Å². The monoisotopic (exact) mass is 346 g/mol. The quantitative estimate of drug-likeness (QED) is 0.716. The number of aliphatic carboxylic acids is 1. The first-order chi connectivity index (χ1) is 11.8. The lowest BCUT2D eigenvalue weighted by Crippen LogP contribution is -2.51. The molecule has 4 aliphatic carbocycles. The van der Waals surface area contributed by atoms with Crippen molar-refractivity contribution in [3.05, 3.63) is 11.6 Å². The molecule has 4 rings (SSSR count). The Bertz CT molecular complexity index is 596. The number of carboxylic acids is 1. The Morgan fingerprint density at radius 3 is 2.64 bits per heavy atom. The van der Waals surface area contributed by atoms with Crippen LogP contribution < -0.4 is 0 Å². The van der Waals surface area contributed by atoms with Gasteiger partial charge in [-0.15, -0.1) is 0 Å². The van der Waals surface area contributed by atoms with E-state index in [0.717, 1.165) is 38.0 Å². The number of rotatable bonds is 2. The Kier molecular flexibility index (Phi) is 4.10. The lowest BCUT2D eigenvalue weighted by Gasteiger charge is -2.58. The maximum atomic E-state index is 11.6. The zero-order valence-electron chi connectivity index (χ0n) is 16.0. The number of hydrogen-bond donors (Lipinski definition) is 2. The molecule has 0 aromatic rings. The Hall–Kier alpha value is -0.830. The van der Waals surface area contributed by atoms with E-state index in [9.17, 15) is 15.0 Å². The van der Waals surface area contributed by atoms with Crippen LogP contribution in [0.3, 0.4) is 0 Å². The van der Waals surface area contributed by atoms with Crippen LogP contribution in [0.2, 0.25) is 0 Å². The molecule has 0 aliphatic heterocycles. The van der Waals surface area contributed by atoms with Gasteiger partial charge in [-0.1, -0.05) is 32.4 Å². The van der Waals surface area contributed by atoms with Crippen LogP contribution in [-0.4, -0.2) is 22.3 Å². The lowest BCUT2D eigenvalue weighted by molar-refractivity contribution is -0.146. The zero-order chi connectivity index (χ0) is 18.0. The van der Waals surface area contributed by atoms with Gasteiger partial charge in [0, 0.05) is 0 Å². The van der Waals surface area contributed by atoms with Crippen molar-refractivity contribution < 1.29 is 15.0 Å². The van der Waals surface area contributed by atoms with Crippen LogP contribution in [0.4, 0.5) is 0 Å². The first-order valence-corrected chi connectivity index (χ1v) is 10.4. The second-order valence-corrected chi connectivity index (χ2v) is 10.0. The molecule has 140 valence electrons. The van der Waals surface area contributed by atoms with E-state index in [1.807, 2.05) is 6.92 Å². The van der Waals surface area contributed by atoms with Gasteiger partial charge in [-0.25, -0.2) is 0 Å². The second kappa shape index (κ2) is 5.84. The molecule has 0 amide bonds. The Morgan fingerprint density at radius 1 is 1.16 bits per heavy atom. The van der Waals surface area contributed by atoms with Gasteiger partial charge in [0.15, 0.2) is 0 Å². The van der Waals surface area contributed by atoms with E-state index in [4.69, 9.17) is 0 Å². The molecule has 3 fully saturated rings. The van der Waals surface area contributed by atoms with Crippen LogP contribution >= 0.6 is 0 Å². The van der Waals surface area contributed by atoms with Crippen molar-refractivity contribution in [2.24, 2.45) is 40.4 Å². The zero-order valence-corrected chi connectivity index (χ0v) is 16.0. The smallest absolute Gasteiger partial charge is 0.306 e. The highest BCUT2D eigenvalue weighted by molar-refractivity contribution is 5.70. The molecular weight excluding hydrogens is 312 g/mol. The minimum atomic E-state index is -0.618. The van der Waals surface area contributed by atoms with Crippen molar-refractivity contribution in [2.75, 3.05) is 0 Å². The molecule has 0 saturated heterocycles. The summed E-state index contributed by atoms with van der Waals surface area (Å²) < 4.78 is 0. The van der Waals surface area contributed by atoms with Crippen molar-refractivity contribution >= 4 is 5.97 Å². The normalized spacial score (nSPS) is 50.2. The number of allylic oxidation sites excluding steroid dienone is 1. The maximum absolute atomic E-state index is 11.6. The van der Waals surface area contributed by atoms with Crippen LogP contribution in [0.1, 0.15) is 72.1 Å². The summed E-state index contributed by atoms with van der Waals surface area (Å²) in [6, 6.07) is 0. The topological polar surface area (TPSA) is 57.5 Å². The molecule has 25 heavy (non-hydrogen) atoms. The van der Waals surface area contributed by atoms with E-state index in [2.05, 4.69) is 19.9 Å². The number of fused-ring (bicyclic) bond motifs is 5. The van der Waals surface area contributed by atoms with Crippen molar-refractivity contribution in [3.63, 3.8) is 0 Å². The summed E-state index contributed by atoms with van der Waals surface area (Å²) in [5, 5.41) is 19.7. The number of carbonyl (C=O) groups is 1. The van der Waals surface area contributed by atoms with Gasteiger partial charge in [0.05, 0.1) is 12.0 Å². The summed E-state index contributed by atoms with van der Waals surface area (Å²) in [4.78, 5) is 11.6. The highest BCUT2D eigenvalue weighted by Crippen LogP contribution is 2.67. The SMILES string of the molecule is CC(C(=O)O)[C@H]1CC[C@H]2[C@@H]3CC=C4C[C@@H](O)CC[C@]4(C)[C@H]3CC[C@]12C. The van der Waals surface area contributed by atoms with Gasteiger partial charge in [-0.05, 0) is 85.9 Å². The van der Waals surface area contributed by atoms with E-state index < -0.39 is 5.97 Å². The van der Waals surface area contributed by atoms with E-state index >= 15 is 0 Å². The van der Waals surface area contributed by atoms with Crippen LogP contribution in [0.25, 0.3) is 0 Å². The minimum absolute atomic E-state index is 0.142. The molecule has 0 heterocycles. The van der Waals surface area contributed by atoms with Crippen molar-refractivity contribution in [1.82, 2.24) is 0 Å². The molecule has 0 spiro atoms. The number of aliphatic hydroxyl groups excluding tert-OH is 1. The molecule has 3 heteroatoms. The molecule has 3 nitrogen and oxygen atoms in total. The third kappa shape index (κ3) is 2.44. The van der Waals surface area contributed by atoms with Crippen LogP contribution in [0.15, 0.2) is 11.6 Å². The van der Waals surface area contributed by atoms with E-state index in [-0.39, 0.29) is 22.9 Å². The molecular formula is C22H34O3. The first-order valence-electron chi connectivity index (χ1n) is 10.4. The fourth-order valence-electron chi connectivity index (χ4n) is 7.68. The van der Waals surface area contributed by atoms with Crippen LogP contribution in [0.5, 0.6) is 0 Å². The summed E-state index contributed by atoms with van der Waals surface area (Å²) >= 11 is 0. The Morgan fingerprint density at radius 2 is 1.92 bits per heavy atom. The highest BCUT2D eigenvalue weighted by atomic mass is 16.4. The van der Waals surface area contributed by atoms with Gasteiger partial charge in [0.25, 0.3) is 0 Å². The summed E-state index contributed by atoms with van der Waals surface area (Å²) in [6.45, 7) is 6.78. The van der Waals surface area contributed by atoms with E-state index in [0.29, 0.717) is 17.8 Å². The molecule has 3 saturated carbocycles. The van der Waals surface area contributed by atoms with Gasteiger partial charge in [-0.2, -0.15) is 0 Å². The third-order valence-corrected chi connectivity index (χ3v) is 9.14. The molecule has 2 N–H and O–H groups in total. The van der Waals surface area contributed by atoms with E-state index in [1.54, 1.807) is 0 Å². The molecule has 0 bridgehead atoms. The van der Waals surface area contributed by atoms with Crippen LogP contribution in [0, 0.1) is 40.4 Å². The van der Waals surface area contributed by atoms with Gasteiger partial charge in [0.2, 0.25) is 0 Å². The maximum Gasteiger partial charge on any atom is 0.306 e. The predicted molar refractivity (Wildman–Crippen MR) is 98.0 cm³/mol. The van der Waals surface area contributed by atoms with Gasteiger partial charge in [-0.3, -0.25) is 4.79 Å². The predicted octanol–water partition coefficient (Wildman–Crippen LogP) is 4.65. The Labute approximate surface area is 151 Å². The Balaban J connectivity index is 1.63. The standard InChI is InChI=1S/C22H34O3/c1-13(20(24)25)17-6-7-18-16-5-4-14-12-15(23)8-10-21(14,2)19(16)9-11-22(17,18)3/h4,13,15-19,23H,5-12H2,1-3H3,(H,24,25)/t13?,15-,16-,17+,18-,19-,21-,22+/m0/s1. The molecule has 8 atom stereocenters. The average molecular weight is 347 g/mol. The summed E-state index contributed by atoms with van der Waals surface area (Å²) in [7, 11) is 0. The van der Waals surface area contributed by atoms with Crippen LogP contribution in [-0.2, 0) is 4.79 Å². The summed E-state index contributed by atoms with van der Waals surface area (Å²) in [6.07, 6.45) is 11.1. The number of carboxylic acid groups (broad SMARTS) is 1. The first kappa shape index (κ1) is 17.6. The van der Waals surface area contributed by atoms with Crippen molar-refractivity contribution in [3.8, 4) is 0 Å². The fraction of sp³-hybridized carbons (Fsp3) is 0.864. The molecule has 0 aromatic heterocycles. The second-order valence-electron chi connectivity index (χ2n) is 10.0. The highest BCUT2D eigenvalue weighted by Gasteiger charge is 2.59. The van der Waals surface area contributed by atoms with Gasteiger partial charge in [0.1, 0.15) is 0 Å². The number of aliphatic hydroxyl groups is 1. The molecule has 0 aromatic carbocycles. The molecule has 4 aliphatic rings. The van der Waals surface area contributed by atoms with Crippen molar-refractivity contribution in [1.29, 1.82) is 0 Å².